The van der Waals surface area contributed by atoms with Crippen LogP contribution in [-0.4, -0.2) is 52.4 Å². The highest BCUT2D eigenvalue weighted by Gasteiger charge is 2.31. The Morgan fingerprint density at radius 2 is 1.62 bits per heavy atom. The fourth-order valence-corrected chi connectivity index (χ4v) is 4.94. The Labute approximate surface area is 256 Å². The number of hydrogen-bond donors (Lipinski definition) is 2. The summed E-state index contributed by atoms with van der Waals surface area (Å²) in [6, 6.07) is 14.4. The molecule has 9 nitrogen and oxygen atoms in total. The number of ether oxygens (including phenoxy) is 1. The number of fused-ring (bicyclic) bond motifs is 1. The van der Waals surface area contributed by atoms with Crippen LogP contribution in [0, 0.1) is 5.82 Å². The molecule has 0 aliphatic carbocycles. The number of benzene rings is 3. The maximum atomic E-state index is 14.1. The molecule has 45 heavy (non-hydrogen) atoms. The Balaban J connectivity index is 1.42. The fourth-order valence-electron chi connectivity index (χ4n) is 4.94. The van der Waals surface area contributed by atoms with Crippen LogP contribution in [0.4, 0.5) is 34.6 Å². The van der Waals surface area contributed by atoms with E-state index in [1.54, 1.807) is 45.0 Å². The molecule has 1 fully saturated rings. The summed E-state index contributed by atoms with van der Waals surface area (Å²) in [5.74, 6) is -2.54. The summed E-state index contributed by atoms with van der Waals surface area (Å²) in [6.07, 6.45) is -3.91. The van der Waals surface area contributed by atoms with Crippen LogP contribution in [0.5, 0.6) is 0 Å². The van der Waals surface area contributed by atoms with E-state index in [0.717, 1.165) is 23.2 Å². The molecular formula is C32H31F4N5O4. The molecule has 1 saturated heterocycles. The quantitative estimate of drug-likeness (QED) is 0.175. The van der Waals surface area contributed by atoms with Crippen molar-refractivity contribution in [3.8, 4) is 0 Å². The molecule has 1 aliphatic heterocycles. The normalized spacial score (nSPS) is 13.4. The molecule has 2 heterocycles. The summed E-state index contributed by atoms with van der Waals surface area (Å²) >= 11 is 0. The van der Waals surface area contributed by atoms with Gasteiger partial charge in [0.05, 0.1) is 23.3 Å². The monoisotopic (exact) mass is 625 g/mol. The molecule has 0 saturated carbocycles. The lowest BCUT2D eigenvalue weighted by Crippen LogP contribution is -2.37. The van der Waals surface area contributed by atoms with E-state index in [1.165, 1.54) is 24.3 Å². The maximum Gasteiger partial charge on any atom is 0.408 e. The number of amides is 2. The van der Waals surface area contributed by atoms with Gasteiger partial charge in [-0.2, -0.15) is 18.3 Å². The van der Waals surface area contributed by atoms with Crippen molar-refractivity contribution in [2.45, 2.75) is 51.9 Å². The van der Waals surface area contributed by atoms with Gasteiger partial charge in [-0.25, -0.2) is 4.39 Å². The molecule has 4 aromatic rings. The van der Waals surface area contributed by atoms with E-state index in [-0.39, 0.29) is 45.5 Å². The molecule has 13 heteroatoms. The average molecular weight is 626 g/mol. The summed E-state index contributed by atoms with van der Waals surface area (Å²) in [4.78, 5) is 41.3. The molecule has 5 rings (SSSR count). The van der Waals surface area contributed by atoms with Crippen molar-refractivity contribution in [3.05, 3.63) is 83.3 Å². The predicted molar refractivity (Wildman–Crippen MR) is 161 cm³/mol. The standard InChI is InChI=1S/C32H31F4N5O4/c1-31(2,3)45-27(42)17-20-15-21(33)10-11-23(20)37-29(43)19-9-12-26(40-13-6-14-40)24(16-19)38-30(44)28-22-7-4-5-8-25(22)41(39-28)18-32(34,35)36/h4-5,7-12,15-16H,6,13-14,17-18H2,1-3H3,(H,37,43)(H,38,44). The molecule has 0 radical (unpaired) electrons. The van der Waals surface area contributed by atoms with E-state index in [0.29, 0.717) is 18.8 Å². The van der Waals surface area contributed by atoms with Gasteiger partial charge in [0, 0.05) is 29.7 Å². The number of carbonyl (C=O) groups is 3. The minimum absolute atomic E-state index is 0.134. The molecule has 1 aromatic heterocycles. The summed E-state index contributed by atoms with van der Waals surface area (Å²) in [5, 5.41) is 9.66. The first kappa shape index (κ1) is 31.5. The van der Waals surface area contributed by atoms with Crippen molar-refractivity contribution in [2.75, 3.05) is 28.6 Å². The van der Waals surface area contributed by atoms with Gasteiger partial charge in [-0.15, -0.1) is 0 Å². The molecule has 0 unspecified atom stereocenters. The van der Waals surface area contributed by atoms with Gasteiger partial charge in [-0.3, -0.25) is 19.1 Å². The predicted octanol–water partition coefficient (Wildman–Crippen LogP) is 6.34. The molecule has 2 amide bonds. The minimum Gasteiger partial charge on any atom is -0.460 e. The van der Waals surface area contributed by atoms with Crippen LogP contribution in [-0.2, 0) is 22.5 Å². The number of alkyl halides is 3. The topological polar surface area (TPSA) is 106 Å². The second kappa shape index (κ2) is 12.2. The number of nitrogens with zero attached hydrogens (tertiary/aromatic N) is 3. The van der Waals surface area contributed by atoms with Crippen molar-refractivity contribution in [1.82, 2.24) is 9.78 Å². The van der Waals surface area contributed by atoms with Gasteiger partial charge in [0.1, 0.15) is 18.0 Å². The number of aromatic nitrogens is 2. The van der Waals surface area contributed by atoms with Crippen LogP contribution in [0.2, 0.25) is 0 Å². The van der Waals surface area contributed by atoms with E-state index < -0.39 is 41.9 Å². The van der Waals surface area contributed by atoms with E-state index in [9.17, 15) is 31.9 Å². The third kappa shape index (κ3) is 7.59. The Bertz CT molecular complexity index is 1770. The first-order valence-electron chi connectivity index (χ1n) is 14.2. The lowest BCUT2D eigenvalue weighted by Gasteiger charge is -2.34. The molecular weight excluding hydrogens is 594 g/mol. The van der Waals surface area contributed by atoms with Gasteiger partial charge in [0.2, 0.25) is 0 Å². The minimum atomic E-state index is -4.55. The molecule has 0 spiro atoms. The number of anilines is 3. The molecule has 2 N–H and O–H groups in total. The molecule has 0 bridgehead atoms. The highest BCUT2D eigenvalue weighted by molar-refractivity contribution is 6.13. The number of esters is 1. The van der Waals surface area contributed by atoms with Crippen molar-refractivity contribution in [1.29, 1.82) is 0 Å². The third-order valence-electron chi connectivity index (χ3n) is 6.98. The van der Waals surface area contributed by atoms with Crippen LogP contribution in [0.1, 0.15) is 53.6 Å². The van der Waals surface area contributed by atoms with Crippen LogP contribution in [0.3, 0.4) is 0 Å². The molecule has 0 atom stereocenters. The number of carbonyl (C=O) groups excluding carboxylic acids is 3. The van der Waals surface area contributed by atoms with Gasteiger partial charge < -0.3 is 20.3 Å². The SMILES string of the molecule is CC(C)(C)OC(=O)Cc1cc(F)ccc1NC(=O)c1ccc(N2CCC2)c(NC(=O)c2nn(CC(F)(F)F)c3ccccc23)c1. The van der Waals surface area contributed by atoms with Gasteiger partial charge >= 0.3 is 12.1 Å². The van der Waals surface area contributed by atoms with E-state index >= 15 is 0 Å². The van der Waals surface area contributed by atoms with E-state index in [4.69, 9.17) is 4.74 Å². The van der Waals surface area contributed by atoms with Crippen molar-refractivity contribution in [2.24, 2.45) is 0 Å². The highest BCUT2D eigenvalue weighted by Crippen LogP contribution is 2.32. The van der Waals surface area contributed by atoms with Crippen LogP contribution in [0.25, 0.3) is 10.9 Å². The molecule has 236 valence electrons. The van der Waals surface area contributed by atoms with Crippen LogP contribution >= 0.6 is 0 Å². The summed E-state index contributed by atoms with van der Waals surface area (Å²) in [6.45, 7) is 5.17. The first-order valence-corrected chi connectivity index (χ1v) is 14.2. The van der Waals surface area contributed by atoms with Gasteiger partial charge in [0.15, 0.2) is 5.69 Å². The largest absolute Gasteiger partial charge is 0.460 e. The fraction of sp³-hybridized carbons (Fsp3) is 0.312. The Morgan fingerprint density at radius 3 is 2.29 bits per heavy atom. The highest BCUT2D eigenvalue weighted by atomic mass is 19.4. The van der Waals surface area contributed by atoms with Crippen LogP contribution < -0.4 is 15.5 Å². The Morgan fingerprint density at radius 1 is 0.911 bits per heavy atom. The Hall–Kier alpha value is -4.94. The number of para-hydroxylation sites is 1. The third-order valence-corrected chi connectivity index (χ3v) is 6.98. The lowest BCUT2D eigenvalue weighted by molar-refractivity contribution is -0.154. The maximum absolute atomic E-state index is 14.1. The zero-order valence-corrected chi connectivity index (χ0v) is 24.8. The van der Waals surface area contributed by atoms with Crippen molar-refractivity contribution in [3.63, 3.8) is 0 Å². The van der Waals surface area contributed by atoms with E-state index in [1.807, 2.05) is 4.90 Å². The second-order valence-corrected chi connectivity index (χ2v) is 11.7. The summed E-state index contributed by atoms with van der Waals surface area (Å²) in [7, 11) is 0. The van der Waals surface area contributed by atoms with Crippen LogP contribution in [0.15, 0.2) is 60.7 Å². The zero-order valence-electron chi connectivity index (χ0n) is 24.8. The number of hydrogen-bond acceptors (Lipinski definition) is 6. The smallest absolute Gasteiger partial charge is 0.408 e. The van der Waals surface area contributed by atoms with E-state index in [2.05, 4.69) is 15.7 Å². The lowest BCUT2D eigenvalue weighted by atomic mass is 10.1. The summed E-state index contributed by atoms with van der Waals surface area (Å²) in [5.41, 5.74) is 0.628. The second-order valence-electron chi connectivity index (χ2n) is 11.7. The summed E-state index contributed by atoms with van der Waals surface area (Å²) < 4.78 is 59.8. The van der Waals surface area contributed by atoms with Gasteiger partial charge in [0.25, 0.3) is 11.8 Å². The van der Waals surface area contributed by atoms with Crippen molar-refractivity contribution >= 4 is 45.7 Å². The number of nitrogens with one attached hydrogen (secondary N) is 2. The zero-order chi connectivity index (χ0) is 32.5. The van der Waals surface area contributed by atoms with Gasteiger partial charge in [-0.05, 0) is 75.2 Å². The van der Waals surface area contributed by atoms with Gasteiger partial charge in [-0.1, -0.05) is 18.2 Å². The first-order chi connectivity index (χ1) is 21.2. The molecule has 3 aromatic carbocycles. The average Bonchev–Trinajstić information content (AvgIpc) is 3.26. The Kier molecular flexibility index (Phi) is 8.55. The van der Waals surface area contributed by atoms with Crippen molar-refractivity contribution < 1.29 is 36.7 Å². The molecule has 1 aliphatic rings. The number of halogens is 4. The number of rotatable bonds is 8.